The van der Waals surface area contributed by atoms with Crippen LogP contribution >= 0.6 is 48.0 Å². The molecule has 5 nitrogen and oxygen atoms in total. The zero-order chi connectivity index (χ0) is 16.8. The maximum Gasteiger partial charge on any atom is 0.252 e. The standard InChI is InChI=1S/C16H17Cl2N3O2.2ClH/c1-10(19)7-8-20-16(22)11-5-6-14(21-9-11)23-13-4-2-3-12(17)15(13)18;;/h2-6,9-10H,7-8,19H2,1H3,(H,20,22);2*1H. The zero-order valence-electron chi connectivity index (χ0n) is 13.4. The smallest absolute Gasteiger partial charge is 0.252 e. The van der Waals surface area contributed by atoms with Crippen LogP contribution in [-0.2, 0) is 0 Å². The Labute approximate surface area is 169 Å². The van der Waals surface area contributed by atoms with Gasteiger partial charge in [-0.1, -0.05) is 29.3 Å². The normalized spacial score (nSPS) is 10.9. The third-order valence-electron chi connectivity index (χ3n) is 3.01. The zero-order valence-corrected chi connectivity index (χ0v) is 16.5. The maximum atomic E-state index is 11.9. The maximum absolute atomic E-state index is 11.9. The monoisotopic (exact) mass is 425 g/mol. The van der Waals surface area contributed by atoms with Crippen molar-refractivity contribution >= 4 is 53.9 Å². The van der Waals surface area contributed by atoms with E-state index in [1.54, 1.807) is 30.3 Å². The number of halogens is 4. The number of pyridine rings is 1. The summed E-state index contributed by atoms with van der Waals surface area (Å²) >= 11 is 12.0. The number of nitrogens with zero attached hydrogens (tertiary/aromatic N) is 1. The summed E-state index contributed by atoms with van der Waals surface area (Å²) in [4.78, 5) is 16.0. The minimum absolute atomic E-state index is 0. The summed E-state index contributed by atoms with van der Waals surface area (Å²) in [6.07, 6.45) is 2.16. The molecule has 0 aliphatic heterocycles. The van der Waals surface area contributed by atoms with E-state index in [0.717, 1.165) is 0 Å². The van der Waals surface area contributed by atoms with Gasteiger partial charge in [0, 0.05) is 24.8 Å². The summed E-state index contributed by atoms with van der Waals surface area (Å²) in [5, 5.41) is 3.49. The lowest BCUT2D eigenvalue weighted by atomic mass is 10.2. The molecule has 1 aromatic carbocycles. The number of amides is 1. The highest BCUT2D eigenvalue weighted by Crippen LogP contribution is 2.33. The Morgan fingerprint density at radius 2 is 2.00 bits per heavy atom. The Morgan fingerprint density at radius 1 is 1.28 bits per heavy atom. The first-order valence-electron chi connectivity index (χ1n) is 7.09. The van der Waals surface area contributed by atoms with E-state index in [2.05, 4.69) is 10.3 Å². The van der Waals surface area contributed by atoms with Crippen molar-refractivity contribution in [3.63, 3.8) is 0 Å². The minimum Gasteiger partial charge on any atom is -0.437 e. The van der Waals surface area contributed by atoms with Crippen molar-refractivity contribution in [3.05, 3.63) is 52.1 Å². The largest absolute Gasteiger partial charge is 0.437 e. The fourth-order valence-corrected chi connectivity index (χ4v) is 2.10. The number of hydrogen-bond acceptors (Lipinski definition) is 4. The molecule has 1 amide bonds. The van der Waals surface area contributed by atoms with E-state index in [9.17, 15) is 4.79 Å². The molecule has 0 saturated carbocycles. The first-order chi connectivity index (χ1) is 11.0. The Kier molecular flexibility index (Phi) is 10.8. The average Bonchev–Trinajstić information content (AvgIpc) is 2.52. The Morgan fingerprint density at radius 3 is 2.60 bits per heavy atom. The molecule has 0 spiro atoms. The van der Waals surface area contributed by atoms with Crippen molar-refractivity contribution in [2.45, 2.75) is 19.4 Å². The first-order valence-corrected chi connectivity index (χ1v) is 7.84. The van der Waals surface area contributed by atoms with Crippen molar-refractivity contribution in [1.82, 2.24) is 10.3 Å². The second-order valence-electron chi connectivity index (χ2n) is 5.06. The molecule has 0 fully saturated rings. The lowest BCUT2D eigenvalue weighted by molar-refractivity contribution is 0.0952. The average molecular weight is 427 g/mol. The number of benzene rings is 1. The predicted molar refractivity (Wildman–Crippen MR) is 106 cm³/mol. The topological polar surface area (TPSA) is 77.2 Å². The summed E-state index contributed by atoms with van der Waals surface area (Å²) in [5.74, 6) is 0.521. The molecule has 9 heteroatoms. The van der Waals surface area contributed by atoms with Crippen molar-refractivity contribution < 1.29 is 9.53 Å². The number of carbonyl (C=O) groups is 1. The Hall–Kier alpha value is -1.24. The van der Waals surface area contributed by atoms with Crippen LogP contribution in [0.2, 0.25) is 10.0 Å². The van der Waals surface area contributed by atoms with Gasteiger partial charge in [-0.15, -0.1) is 24.8 Å². The van der Waals surface area contributed by atoms with Crippen LogP contribution in [-0.4, -0.2) is 23.5 Å². The van der Waals surface area contributed by atoms with Gasteiger partial charge in [-0.2, -0.15) is 0 Å². The van der Waals surface area contributed by atoms with Gasteiger partial charge < -0.3 is 15.8 Å². The van der Waals surface area contributed by atoms with Crippen LogP contribution in [0.5, 0.6) is 11.6 Å². The molecule has 2 aromatic rings. The number of carbonyl (C=O) groups excluding carboxylic acids is 1. The fraction of sp³-hybridized carbons (Fsp3) is 0.250. The van der Waals surface area contributed by atoms with E-state index < -0.39 is 0 Å². The molecule has 0 bridgehead atoms. The van der Waals surface area contributed by atoms with Gasteiger partial charge in [0.25, 0.3) is 5.91 Å². The molecule has 0 aliphatic rings. The molecule has 0 radical (unpaired) electrons. The van der Waals surface area contributed by atoms with Crippen LogP contribution in [0.15, 0.2) is 36.5 Å². The number of aromatic nitrogens is 1. The van der Waals surface area contributed by atoms with E-state index in [1.807, 2.05) is 6.92 Å². The lowest BCUT2D eigenvalue weighted by Gasteiger charge is -2.09. The van der Waals surface area contributed by atoms with Gasteiger partial charge in [0.05, 0.1) is 10.6 Å². The van der Waals surface area contributed by atoms with Crippen LogP contribution < -0.4 is 15.8 Å². The lowest BCUT2D eigenvalue weighted by Crippen LogP contribution is -2.28. The van der Waals surface area contributed by atoms with Gasteiger partial charge in [0.2, 0.25) is 5.88 Å². The molecule has 1 unspecified atom stereocenters. The molecule has 1 aromatic heterocycles. The second kappa shape index (κ2) is 11.4. The third-order valence-corrected chi connectivity index (χ3v) is 3.82. The second-order valence-corrected chi connectivity index (χ2v) is 5.85. The summed E-state index contributed by atoms with van der Waals surface area (Å²) in [6.45, 7) is 2.41. The van der Waals surface area contributed by atoms with E-state index in [0.29, 0.717) is 40.2 Å². The van der Waals surface area contributed by atoms with Crippen molar-refractivity contribution in [1.29, 1.82) is 0 Å². The molecule has 1 atom stereocenters. The van der Waals surface area contributed by atoms with Crippen molar-refractivity contribution in [2.24, 2.45) is 5.73 Å². The molecule has 0 aliphatic carbocycles. The number of rotatable bonds is 6. The van der Waals surface area contributed by atoms with Gasteiger partial charge in [0.1, 0.15) is 10.8 Å². The third kappa shape index (κ3) is 7.26. The van der Waals surface area contributed by atoms with Crippen LogP contribution in [0.3, 0.4) is 0 Å². The Bertz CT molecular complexity index is 682. The van der Waals surface area contributed by atoms with E-state index >= 15 is 0 Å². The van der Waals surface area contributed by atoms with Gasteiger partial charge in [-0.05, 0) is 31.5 Å². The van der Waals surface area contributed by atoms with Crippen LogP contribution in [0.1, 0.15) is 23.7 Å². The van der Waals surface area contributed by atoms with Gasteiger partial charge in [0.15, 0.2) is 0 Å². The molecular formula is C16H19Cl4N3O2. The van der Waals surface area contributed by atoms with Gasteiger partial charge >= 0.3 is 0 Å². The van der Waals surface area contributed by atoms with Crippen LogP contribution in [0.4, 0.5) is 0 Å². The Balaban J connectivity index is 0.00000288. The van der Waals surface area contributed by atoms with Crippen LogP contribution in [0.25, 0.3) is 0 Å². The molecule has 3 N–H and O–H groups in total. The number of hydrogen-bond donors (Lipinski definition) is 2. The SMILES string of the molecule is CC(N)CCNC(=O)c1ccc(Oc2cccc(Cl)c2Cl)nc1.Cl.Cl. The molecule has 1 heterocycles. The quantitative estimate of drug-likeness (QED) is 0.713. The van der Waals surface area contributed by atoms with Gasteiger partial charge in [-0.3, -0.25) is 4.79 Å². The van der Waals surface area contributed by atoms with Gasteiger partial charge in [-0.25, -0.2) is 4.98 Å². The summed E-state index contributed by atoms with van der Waals surface area (Å²) in [6, 6.07) is 8.35. The highest BCUT2D eigenvalue weighted by molar-refractivity contribution is 6.42. The highest BCUT2D eigenvalue weighted by atomic mass is 35.5. The summed E-state index contributed by atoms with van der Waals surface area (Å²) in [5.41, 5.74) is 6.08. The first kappa shape index (κ1) is 23.8. The molecular weight excluding hydrogens is 408 g/mol. The molecule has 138 valence electrons. The summed E-state index contributed by atoms with van der Waals surface area (Å²) in [7, 11) is 0. The highest BCUT2D eigenvalue weighted by Gasteiger charge is 2.09. The molecule has 2 rings (SSSR count). The van der Waals surface area contributed by atoms with Crippen LogP contribution in [0, 0.1) is 0 Å². The van der Waals surface area contributed by atoms with Crippen molar-refractivity contribution in [2.75, 3.05) is 6.54 Å². The minimum atomic E-state index is -0.203. The number of nitrogens with one attached hydrogen (secondary N) is 1. The van der Waals surface area contributed by atoms with E-state index in [4.69, 9.17) is 33.7 Å². The number of ether oxygens (including phenoxy) is 1. The van der Waals surface area contributed by atoms with E-state index in [1.165, 1.54) is 6.20 Å². The van der Waals surface area contributed by atoms with Crippen molar-refractivity contribution in [3.8, 4) is 11.6 Å². The predicted octanol–water partition coefficient (Wildman–Crippen LogP) is 4.49. The summed E-state index contributed by atoms with van der Waals surface area (Å²) < 4.78 is 5.56. The molecule has 0 saturated heterocycles. The number of nitrogens with two attached hydrogens (primary N) is 1. The van der Waals surface area contributed by atoms with E-state index in [-0.39, 0.29) is 36.8 Å². The molecule has 25 heavy (non-hydrogen) atoms. The fourth-order valence-electron chi connectivity index (χ4n) is 1.77.